The van der Waals surface area contributed by atoms with Crippen LogP contribution in [0.4, 0.5) is 0 Å². The molecule has 1 atom stereocenters. The lowest BCUT2D eigenvalue weighted by molar-refractivity contribution is 0.299. The van der Waals surface area contributed by atoms with Crippen molar-refractivity contribution in [3.05, 3.63) is 28.7 Å². The minimum Gasteiger partial charge on any atom is -0.494 e. The molecule has 2 nitrogen and oxygen atoms in total. The van der Waals surface area contributed by atoms with Crippen molar-refractivity contribution in [2.45, 2.75) is 24.0 Å². The lowest BCUT2D eigenvalue weighted by atomic mass is 10.0. The van der Waals surface area contributed by atoms with Gasteiger partial charge in [0.2, 0.25) is 0 Å². The molecule has 0 spiro atoms. The van der Waals surface area contributed by atoms with Crippen LogP contribution in [0, 0.1) is 11.3 Å². The van der Waals surface area contributed by atoms with E-state index >= 15 is 0 Å². The van der Waals surface area contributed by atoms with Crippen LogP contribution < -0.4 is 4.74 Å². The van der Waals surface area contributed by atoms with Crippen molar-refractivity contribution in [2.75, 3.05) is 12.4 Å². The third-order valence-electron chi connectivity index (χ3n) is 2.90. The highest BCUT2D eigenvalue weighted by molar-refractivity contribution is 9.10. The number of hydrogen-bond donors (Lipinski definition) is 0. The highest BCUT2D eigenvalue weighted by Crippen LogP contribution is 2.40. The van der Waals surface area contributed by atoms with Crippen molar-refractivity contribution in [3.8, 4) is 11.8 Å². The van der Waals surface area contributed by atoms with Crippen molar-refractivity contribution in [2.24, 2.45) is 0 Å². The van der Waals surface area contributed by atoms with E-state index in [1.165, 1.54) is 0 Å². The first-order valence-electron chi connectivity index (χ1n) is 5.68. The van der Waals surface area contributed by atoms with Crippen molar-refractivity contribution in [1.29, 1.82) is 5.26 Å². The molecule has 1 heterocycles. The maximum absolute atomic E-state index is 9.22. The lowest BCUT2D eigenvalue weighted by Gasteiger charge is -2.19. The maximum Gasteiger partial charge on any atom is 0.119 e. The van der Waals surface area contributed by atoms with Crippen molar-refractivity contribution < 1.29 is 4.74 Å². The molecule has 0 bridgehead atoms. The quantitative estimate of drug-likeness (QED) is 0.842. The Labute approximate surface area is 114 Å². The van der Waals surface area contributed by atoms with E-state index in [1.54, 1.807) is 11.8 Å². The number of hydrogen-bond acceptors (Lipinski definition) is 3. The number of ether oxygens (including phenoxy) is 1. The smallest absolute Gasteiger partial charge is 0.119 e. The van der Waals surface area contributed by atoms with Crippen molar-refractivity contribution >= 4 is 27.7 Å². The van der Waals surface area contributed by atoms with E-state index < -0.39 is 0 Å². The third kappa shape index (κ3) is 3.40. The van der Waals surface area contributed by atoms with Gasteiger partial charge in [-0.05, 0) is 42.9 Å². The largest absolute Gasteiger partial charge is 0.494 e. The zero-order valence-electron chi connectivity index (χ0n) is 9.49. The molecular weight excluding hydrogens is 298 g/mol. The number of benzene rings is 1. The lowest BCUT2D eigenvalue weighted by Crippen LogP contribution is -2.21. The van der Waals surface area contributed by atoms with Crippen LogP contribution in [0.3, 0.4) is 0 Å². The maximum atomic E-state index is 9.22. The Morgan fingerprint density at radius 2 is 2.18 bits per heavy atom. The Balaban J connectivity index is 1.83. The summed E-state index contributed by atoms with van der Waals surface area (Å²) in [5.41, 5.74) is 0. The molecule has 1 fully saturated rings. The summed E-state index contributed by atoms with van der Waals surface area (Å²) in [6.45, 7) is 0.613. The molecule has 0 aliphatic carbocycles. The number of nitriles is 1. The van der Waals surface area contributed by atoms with Gasteiger partial charge < -0.3 is 4.74 Å². The summed E-state index contributed by atoms with van der Waals surface area (Å²) in [6, 6.07) is 10.2. The summed E-state index contributed by atoms with van der Waals surface area (Å²) in [4.78, 5) is 0. The second-order valence-electron chi connectivity index (χ2n) is 4.11. The summed E-state index contributed by atoms with van der Waals surface area (Å²) in [5.74, 6) is 1.97. The van der Waals surface area contributed by atoms with Crippen LogP contribution in [0.15, 0.2) is 28.7 Å². The molecule has 90 valence electrons. The molecule has 4 heteroatoms. The molecular formula is C13H14BrNOS. The van der Waals surface area contributed by atoms with Gasteiger partial charge in [-0.1, -0.05) is 15.9 Å². The summed E-state index contributed by atoms with van der Waals surface area (Å²) in [6.07, 6.45) is 2.96. The van der Waals surface area contributed by atoms with Gasteiger partial charge in [-0.2, -0.15) is 5.26 Å². The first-order chi connectivity index (χ1) is 8.24. The number of rotatable bonds is 4. The van der Waals surface area contributed by atoms with E-state index in [-0.39, 0.29) is 4.75 Å². The minimum absolute atomic E-state index is 0.199. The average molecular weight is 312 g/mol. The summed E-state index contributed by atoms with van der Waals surface area (Å²) in [5, 5.41) is 9.22. The SMILES string of the molecule is N#CC1(CCOc2ccc(Br)cc2)CCCS1. The normalized spacial score (nSPS) is 23.3. The number of thioether (sulfide) groups is 1. The van der Waals surface area contributed by atoms with Crippen LogP contribution in [0.25, 0.3) is 0 Å². The van der Waals surface area contributed by atoms with Gasteiger partial charge >= 0.3 is 0 Å². The number of nitrogens with zero attached hydrogens (tertiary/aromatic N) is 1. The highest BCUT2D eigenvalue weighted by atomic mass is 79.9. The molecule has 1 aliphatic heterocycles. The Morgan fingerprint density at radius 1 is 1.41 bits per heavy atom. The van der Waals surface area contributed by atoms with Crippen LogP contribution in [-0.4, -0.2) is 17.1 Å². The van der Waals surface area contributed by atoms with Gasteiger partial charge in [0.05, 0.1) is 12.7 Å². The summed E-state index contributed by atoms with van der Waals surface area (Å²) >= 11 is 5.16. The van der Waals surface area contributed by atoms with E-state index in [0.717, 1.165) is 35.2 Å². The van der Waals surface area contributed by atoms with E-state index in [1.807, 2.05) is 24.3 Å². The van der Waals surface area contributed by atoms with Gasteiger partial charge in [0, 0.05) is 10.9 Å². The van der Waals surface area contributed by atoms with Crippen molar-refractivity contribution in [1.82, 2.24) is 0 Å². The molecule has 1 aliphatic rings. The predicted molar refractivity (Wildman–Crippen MR) is 74.3 cm³/mol. The summed E-state index contributed by atoms with van der Waals surface area (Å²) < 4.78 is 6.51. The zero-order valence-corrected chi connectivity index (χ0v) is 11.9. The average Bonchev–Trinajstić information content (AvgIpc) is 2.81. The Hall–Kier alpha value is -0.660. The highest BCUT2D eigenvalue weighted by Gasteiger charge is 2.34. The molecule has 1 saturated heterocycles. The molecule has 0 aromatic heterocycles. The van der Waals surface area contributed by atoms with E-state index in [0.29, 0.717) is 6.61 Å². The molecule has 2 rings (SSSR count). The Kier molecular flexibility index (Phi) is 4.36. The predicted octanol–water partition coefficient (Wildman–Crippen LogP) is 4.01. The van der Waals surface area contributed by atoms with Crippen LogP contribution in [0.1, 0.15) is 19.3 Å². The van der Waals surface area contributed by atoms with Gasteiger partial charge in [-0.15, -0.1) is 11.8 Å². The van der Waals surface area contributed by atoms with Crippen LogP contribution in [0.2, 0.25) is 0 Å². The minimum atomic E-state index is -0.199. The molecule has 0 saturated carbocycles. The standard InChI is InChI=1S/C13H14BrNOS/c14-11-2-4-12(5-3-11)16-8-7-13(10-15)6-1-9-17-13/h2-5H,1,6-9H2. The topological polar surface area (TPSA) is 33.0 Å². The first kappa shape index (κ1) is 12.8. The van der Waals surface area contributed by atoms with E-state index in [4.69, 9.17) is 4.74 Å². The monoisotopic (exact) mass is 311 g/mol. The van der Waals surface area contributed by atoms with E-state index in [2.05, 4.69) is 22.0 Å². The molecule has 17 heavy (non-hydrogen) atoms. The molecule has 1 aromatic carbocycles. The van der Waals surface area contributed by atoms with Crippen molar-refractivity contribution in [3.63, 3.8) is 0 Å². The Bertz CT molecular complexity index is 406. The summed E-state index contributed by atoms with van der Waals surface area (Å²) in [7, 11) is 0. The van der Waals surface area contributed by atoms with Gasteiger partial charge in [0.25, 0.3) is 0 Å². The van der Waals surface area contributed by atoms with E-state index in [9.17, 15) is 5.26 Å². The fraction of sp³-hybridized carbons (Fsp3) is 0.462. The van der Waals surface area contributed by atoms with Gasteiger partial charge in [0.15, 0.2) is 0 Å². The molecule has 0 N–H and O–H groups in total. The molecule has 1 unspecified atom stereocenters. The fourth-order valence-corrected chi connectivity index (χ4v) is 3.43. The molecule has 0 amide bonds. The fourth-order valence-electron chi connectivity index (χ4n) is 1.90. The zero-order chi connectivity index (χ0) is 12.1. The van der Waals surface area contributed by atoms with Crippen LogP contribution in [0.5, 0.6) is 5.75 Å². The van der Waals surface area contributed by atoms with Crippen LogP contribution >= 0.6 is 27.7 Å². The van der Waals surface area contributed by atoms with Gasteiger partial charge in [-0.25, -0.2) is 0 Å². The van der Waals surface area contributed by atoms with Gasteiger partial charge in [0.1, 0.15) is 10.5 Å². The third-order valence-corrected chi connectivity index (χ3v) is 4.97. The first-order valence-corrected chi connectivity index (χ1v) is 7.46. The second kappa shape index (κ2) is 5.79. The molecule has 0 radical (unpaired) electrons. The molecule has 1 aromatic rings. The number of halogens is 1. The Morgan fingerprint density at radius 3 is 2.76 bits per heavy atom. The second-order valence-corrected chi connectivity index (χ2v) is 6.50. The van der Waals surface area contributed by atoms with Crippen LogP contribution in [-0.2, 0) is 0 Å². The van der Waals surface area contributed by atoms with Gasteiger partial charge in [-0.3, -0.25) is 0 Å².